The summed E-state index contributed by atoms with van der Waals surface area (Å²) < 4.78 is 5.67. The molecule has 0 aliphatic heterocycles. The number of aryl methyl sites for hydroxylation is 1. The van der Waals surface area contributed by atoms with Crippen LogP contribution in [0.2, 0.25) is 4.47 Å². The number of benzene rings is 1. The van der Waals surface area contributed by atoms with Gasteiger partial charge in [0.25, 0.3) is 5.91 Å². The fourth-order valence-electron chi connectivity index (χ4n) is 1.99. The molecule has 0 aliphatic carbocycles. The Kier molecular flexibility index (Phi) is 4.64. The number of amides is 1. The Balaban J connectivity index is 1.57. The molecule has 3 aromatic rings. The molecule has 0 saturated heterocycles. The minimum atomic E-state index is -0.193. The van der Waals surface area contributed by atoms with Crippen molar-refractivity contribution in [2.75, 3.05) is 10.6 Å². The summed E-state index contributed by atoms with van der Waals surface area (Å²) >= 11 is 7.24. The standard InChI is InChI=1S/C16H14ClN3O2S/c1-10-6-11(9-22-10)15(21)20-13-4-2-12(3-5-13)18-7-14-8-19-16(17)23-14/h2-6,8-9,18H,7H2,1H3,(H,20,21). The van der Waals surface area contributed by atoms with E-state index in [0.717, 1.165) is 16.3 Å². The number of halogens is 1. The maximum absolute atomic E-state index is 12.0. The SMILES string of the molecule is Cc1cc(C(=O)Nc2ccc(NCc3cnc(Cl)s3)cc2)co1. The first-order valence-corrected chi connectivity index (χ1v) is 8.10. The summed E-state index contributed by atoms with van der Waals surface area (Å²) in [5.41, 5.74) is 2.18. The molecule has 0 aliphatic rings. The molecule has 5 nitrogen and oxygen atoms in total. The number of thiazole rings is 1. The van der Waals surface area contributed by atoms with Gasteiger partial charge in [-0.15, -0.1) is 11.3 Å². The van der Waals surface area contributed by atoms with E-state index in [-0.39, 0.29) is 5.91 Å². The number of nitrogens with zero attached hydrogens (tertiary/aromatic N) is 1. The molecule has 1 amide bonds. The molecule has 0 bridgehead atoms. The number of furan rings is 1. The number of aromatic nitrogens is 1. The second-order valence-corrected chi connectivity index (χ2v) is 6.61. The smallest absolute Gasteiger partial charge is 0.258 e. The first kappa shape index (κ1) is 15.6. The number of nitrogens with one attached hydrogen (secondary N) is 2. The molecular weight excluding hydrogens is 334 g/mol. The van der Waals surface area contributed by atoms with Crippen molar-refractivity contribution >= 4 is 40.2 Å². The summed E-state index contributed by atoms with van der Waals surface area (Å²) in [7, 11) is 0. The summed E-state index contributed by atoms with van der Waals surface area (Å²) in [6.45, 7) is 2.46. The largest absolute Gasteiger partial charge is 0.469 e. The quantitative estimate of drug-likeness (QED) is 0.709. The van der Waals surface area contributed by atoms with Gasteiger partial charge in [0, 0.05) is 22.4 Å². The van der Waals surface area contributed by atoms with Crippen molar-refractivity contribution in [2.24, 2.45) is 0 Å². The fourth-order valence-corrected chi connectivity index (χ4v) is 2.91. The van der Waals surface area contributed by atoms with Crippen LogP contribution in [0.4, 0.5) is 11.4 Å². The lowest BCUT2D eigenvalue weighted by Crippen LogP contribution is -2.10. The highest BCUT2D eigenvalue weighted by molar-refractivity contribution is 7.15. The van der Waals surface area contributed by atoms with Crippen molar-refractivity contribution in [3.63, 3.8) is 0 Å². The second-order valence-electron chi connectivity index (χ2n) is 4.91. The normalized spacial score (nSPS) is 10.5. The van der Waals surface area contributed by atoms with E-state index in [2.05, 4.69) is 15.6 Å². The van der Waals surface area contributed by atoms with Crippen LogP contribution in [-0.2, 0) is 6.54 Å². The summed E-state index contributed by atoms with van der Waals surface area (Å²) in [6, 6.07) is 9.18. The topological polar surface area (TPSA) is 67.2 Å². The summed E-state index contributed by atoms with van der Waals surface area (Å²) in [4.78, 5) is 17.1. The average Bonchev–Trinajstić information content (AvgIpc) is 3.15. The van der Waals surface area contributed by atoms with E-state index < -0.39 is 0 Å². The molecule has 2 heterocycles. The van der Waals surface area contributed by atoms with Gasteiger partial charge in [-0.05, 0) is 37.3 Å². The second kappa shape index (κ2) is 6.85. The zero-order chi connectivity index (χ0) is 16.2. The van der Waals surface area contributed by atoms with Crippen molar-refractivity contribution in [3.05, 3.63) is 63.5 Å². The highest BCUT2D eigenvalue weighted by atomic mass is 35.5. The van der Waals surface area contributed by atoms with E-state index in [1.54, 1.807) is 19.2 Å². The first-order chi connectivity index (χ1) is 11.1. The Bertz CT molecular complexity index is 811. The molecule has 0 saturated carbocycles. The van der Waals surface area contributed by atoms with Gasteiger partial charge in [0.15, 0.2) is 4.47 Å². The third kappa shape index (κ3) is 4.12. The van der Waals surface area contributed by atoms with Gasteiger partial charge < -0.3 is 15.1 Å². The number of carbonyl (C=O) groups excluding carboxylic acids is 1. The minimum absolute atomic E-state index is 0.193. The zero-order valence-electron chi connectivity index (χ0n) is 12.3. The first-order valence-electron chi connectivity index (χ1n) is 6.91. The van der Waals surface area contributed by atoms with Gasteiger partial charge in [0.05, 0.1) is 12.1 Å². The van der Waals surface area contributed by atoms with Crippen LogP contribution in [0.15, 0.2) is 47.2 Å². The van der Waals surface area contributed by atoms with Gasteiger partial charge in [0.1, 0.15) is 12.0 Å². The van der Waals surface area contributed by atoms with Crippen LogP contribution < -0.4 is 10.6 Å². The monoisotopic (exact) mass is 347 g/mol. The van der Waals surface area contributed by atoms with Gasteiger partial charge in [-0.2, -0.15) is 0 Å². The molecule has 1 aromatic carbocycles. The summed E-state index contributed by atoms with van der Waals surface area (Å²) in [5, 5.41) is 6.10. The third-order valence-corrected chi connectivity index (χ3v) is 4.24. The number of rotatable bonds is 5. The Hall–Kier alpha value is -2.31. The fraction of sp³-hybridized carbons (Fsp3) is 0.125. The van der Waals surface area contributed by atoms with Crippen LogP contribution in [0.25, 0.3) is 0 Å². The third-order valence-electron chi connectivity index (χ3n) is 3.13. The molecule has 0 spiro atoms. The van der Waals surface area contributed by atoms with Crippen molar-refractivity contribution in [2.45, 2.75) is 13.5 Å². The van der Waals surface area contributed by atoms with E-state index in [0.29, 0.717) is 22.3 Å². The van der Waals surface area contributed by atoms with Gasteiger partial charge >= 0.3 is 0 Å². The molecule has 0 unspecified atom stereocenters. The van der Waals surface area contributed by atoms with Crippen LogP contribution in [0.5, 0.6) is 0 Å². The molecular formula is C16H14ClN3O2S. The van der Waals surface area contributed by atoms with Gasteiger partial charge in [0.2, 0.25) is 0 Å². The lowest BCUT2D eigenvalue weighted by molar-refractivity contribution is 0.102. The van der Waals surface area contributed by atoms with Crippen LogP contribution in [0.3, 0.4) is 0 Å². The Labute approximate surface area is 142 Å². The van der Waals surface area contributed by atoms with Crippen LogP contribution in [0.1, 0.15) is 21.0 Å². The van der Waals surface area contributed by atoms with Gasteiger partial charge in [-0.3, -0.25) is 4.79 Å². The zero-order valence-corrected chi connectivity index (χ0v) is 13.9. The maximum atomic E-state index is 12.0. The molecule has 7 heteroatoms. The van der Waals surface area contributed by atoms with E-state index in [4.69, 9.17) is 16.0 Å². The summed E-state index contributed by atoms with van der Waals surface area (Å²) in [5.74, 6) is 0.514. The Morgan fingerprint density at radius 3 is 2.65 bits per heavy atom. The van der Waals surface area contributed by atoms with Crippen LogP contribution in [0, 0.1) is 6.92 Å². The highest BCUT2D eigenvalue weighted by Gasteiger charge is 2.08. The predicted molar refractivity (Wildman–Crippen MR) is 92.3 cm³/mol. The van der Waals surface area contributed by atoms with Crippen molar-refractivity contribution in [3.8, 4) is 0 Å². The van der Waals surface area contributed by atoms with Crippen molar-refractivity contribution in [1.82, 2.24) is 4.98 Å². The number of hydrogen-bond acceptors (Lipinski definition) is 5. The molecule has 0 atom stereocenters. The van der Waals surface area contributed by atoms with Crippen LogP contribution >= 0.6 is 22.9 Å². The molecule has 0 fully saturated rings. The lowest BCUT2D eigenvalue weighted by Gasteiger charge is -2.07. The van der Waals surface area contributed by atoms with E-state index >= 15 is 0 Å². The minimum Gasteiger partial charge on any atom is -0.469 e. The van der Waals surface area contributed by atoms with Gasteiger partial charge in [-0.1, -0.05) is 11.6 Å². The maximum Gasteiger partial charge on any atom is 0.258 e. The Morgan fingerprint density at radius 1 is 1.30 bits per heavy atom. The van der Waals surface area contributed by atoms with E-state index in [1.165, 1.54) is 17.6 Å². The molecule has 23 heavy (non-hydrogen) atoms. The molecule has 118 valence electrons. The van der Waals surface area contributed by atoms with E-state index in [9.17, 15) is 4.79 Å². The average molecular weight is 348 g/mol. The highest BCUT2D eigenvalue weighted by Crippen LogP contribution is 2.20. The molecule has 3 rings (SSSR count). The molecule has 0 radical (unpaired) electrons. The van der Waals surface area contributed by atoms with E-state index in [1.807, 2.05) is 24.3 Å². The van der Waals surface area contributed by atoms with Crippen LogP contribution in [-0.4, -0.2) is 10.9 Å². The number of hydrogen-bond donors (Lipinski definition) is 2. The van der Waals surface area contributed by atoms with Crippen molar-refractivity contribution < 1.29 is 9.21 Å². The summed E-state index contributed by atoms with van der Waals surface area (Å²) in [6.07, 6.45) is 3.20. The van der Waals surface area contributed by atoms with Gasteiger partial charge in [-0.25, -0.2) is 4.98 Å². The predicted octanol–water partition coefficient (Wildman–Crippen LogP) is 4.56. The lowest BCUT2D eigenvalue weighted by atomic mass is 10.2. The Morgan fingerprint density at radius 2 is 2.04 bits per heavy atom. The molecule has 2 N–H and O–H groups in total. The number of carbonyl (C=O) groups is 1. The molecule has 2 aromatic heterocycles. The number of anilines is 2. The van der Waals surface area contributed by atoms with Crippen molar-refractivity contribution in [1.29, 1.82) is 0 Å².